The molecule has 0 amide bonds. The monoisotopic (exact) mass is 484 g/mol. The molecule has 0 spiro atoms. The van der Waals surface area contributed by atoms with Gasteiger partial charge in [0.1, 0.15) is 0 Å². The highest BCUT2D eigenvalue weighted by Crippen LogP contribution is 2.40. The van der Waals surface area contributed by atoms with Crippen molar-refractivity contribution in [2.24, 2.45) is 0 Å². The lowest BCUT2D eigenvalue weighted by atomic mass is 10.0. The summed E-state index contributed by atoms with van der Waals surface area (Å²) < 4.78 is 19.6. The SMILES string of the molecule is CCCCCCCCCCCC[C@@H](O[Si](C)(C)C(C)(C)C)[C@@H]1CC[C@@H]([C@H]2CC[C@H](CO)O2)O1. The van der Waals surface area contributed by atoms with Gasteiger partial charge in [0.25, 0.3) is 0 Å². The second kappa shape index (κ2) is 14.6. The van der Waals surface area contributed by atoms with Crippen LogP contribution in [0.4, 0.5) is 0 Å². The lowest BCUT2D eigenvalue weighted by Crippen LogP contribution is -2.47. The molecule has 2 rings (SSSR count). The minimum absolute atomic E-state index is 0.00331. The Balaban J connectivity index is 1.79. The summed E-state index contributed by atoms with van der Waals surface area (Å²) in [6.45, 7) is 14.1. The maximum absolute atomic E-state index is 9.41. The summed E-state index contributed by atoms with van der Waals surface area (Å²) in [6.07, 6.45) is 19.6. The van der Waals surface area contributed by atoms with Crippen LogP contribution in [0.2, 0.25) is 18.1 Å². The first-order valence-corrected chi connectivity index (χ1v) is 17.2. The average molecular weight is 485 g/mol. The number of hydrogen-bond acceptors (Lipinski definition) is 4. The van der Waals surface area contributed by atoms with Crippen LogP contribution < -0.4 is 0 Å². The molecule has 2 heterocycles. The summed E-state index contributed by atoms with van der Waals surface area (Å²) in [7, 11) is -1.85. The molecule has 2 saturated heterocycles. The first-order valence-electron chi connectivity index (χ1n) is 14.3. The average Bonchev–Trinajstić information content (AvgIpc) is 3.42. The largest absolute Gasteiger partial charge is 0.411 e. The maximum Gasteiger partial charge on any atom is 0.192 e. The molecule has 0 radical (unpaired) electrons. The summed E-state index contributed by atoms with van der Waals surface area (Å²) in [5, 5.41) is 9.62. The molecule has 5 atom stereocenters. The summed E-state index contributed by atoms with van der Waals surface area (Å²) in [5.41, 5.74) is 0. The number of aliphatic hydroxyl groups is 1. The Morgan fingerprint density at radius 2 is 1.36 bits per heavy atom. The third kappa shape index (κ3) is 9.91. The van der Waals surface area contributed by atoms with E-state index in [4.69, 9.17) is 13.9 Å². The van der Waals surface area contributed by atoms with Crippen LogP contribution in [-0.4, -0.2) is 50.6 Å². The highest BCUT2D eigenvalue weighted by atomic mass is 28.4. The Bertz CT molecular complexity index is 519. The van der Waals surface area contributed by atoms with Gasteiger partial charge in [0.15, 0.2) is 8.32 Å². The van der Waals surface area contributed by atoms with E-state index in [9.17, 15) is 5.11 Å². The quantitative estimate of drug-likeness (QED) is 0.179. The summed E-state index contributed by atoms with van der Waals surface area (Å²) in [5.74, 6) is 0. The number of unbranched alkanes of at least 4 members (excludes halogenated alkanes) is 9. The van der Waals surface area contributed by atoms with E-state index in [0.29, 0.717) is 0 Å². The zero-order valence-electron chi connectivity index (χ0n) is 22.9. The van der Waals surface area contributed by atoms with Crippen molar-refractivity contribution in [1.82, 2.24) is 0 Å². The third-order valence-electron chi connectivity index (χ3n) is 8.35. The fourth-order valence-corrected chi connectivity index (χ4v) is 6.47. The molecule has 0 aromatic heterocycles. The van der Waals surface area contributed by atoms with Crippen LogP contribution in [0.15, 0.2) is 0 Å². The lowest BCUT2D eigenvalue weighted by Gasteiger charge is -2.41. The van der Waals surface area contributed by atoms with E-state index in [1.807, 2.05) is 0 Å². The molecular weight excluding hydrogens is 428 g/mol. The Morgan fingerprint density at radius 1 is 0.818 bits per heavy atom. The molecule has 5 heteroatoms. The minimum atomic E-state index is -1.85. The standard InChI is InChI=1S/C28H56O4Si/c1-7-8-9-10-11-12-13-14-15-16-17-27(32-33(5,6)28(2,3)4)26-21-20-25(31-26)24-19-18-23(22-29)30-24/h23-27,29H,7-22H2,1-6H3/t23-,24-,25+,26+,27-/m1/s1. The molecule has 2 fully saturated rings. The van der Waals surface area contributed by atoms with Gasteiger partial charge in [-0.3, -0.25) is 0 Å². The Kier molecular flexibility index (Phi) is 12.9. The van der Waals surface area contributed by atoms with Gasteiger partial charge in [-0.15, -0.1) is 0 Å². The van der Waals surface area contributed by atoms with Crippen LogP contribution in [0.25, 0.3) is 0 Å². The Morgan fingerprint density at radius 3 is 1.91 bits per heavy atom. The van der Waals surface area contributed by atoms with E-state index in [1.165, 1.54) is 64.2 Å². The molecule has 0 aromatic rings. The molecule has 0 aliphatic carbocycles. The van der Waals surface area contributed by atoms with E-state index in [1.54, 1.807) is 0 Å². The zero-order valence-corrected chi connectivity index (χ0v) is 23.9. The van der Waals surface area contributed by atoms with Crippen LogP contribution >= 0.6 is 0 Å². The van der Waals surface area contributed by atoms with Gasteiger partial charge in [-0.05, 0) is 50.2 Å². The van der Waals surface area contributed by atoms with Crippen LogP contribution in [0.3, 0.4) is 0 Å². The van der Waals surface area contributed by atoms with E-state index in [-0.39, 0.29) is 42.2 Å². The van der Waals surface area contributed by atoms with Crippen molar-refractivity contribution < 1.29 is 19.0 Å². The number of rotatable bonds is 16. The van der Waals surface area contributed by atoms with Crippen LogP contribution in [0.1, 0.15) is 124 Å². The van der Waals surface area contributed by atoms with Crippen molar-refractivity contribution >= 4 is 8.32 Å². The Labute approximate surface area is 206 Å². The summed E-state index contributed by atoms with van der Waals surface area (Å²) >= 11 is 0. The fraction of sp³-hybridized carbons (Fsp3) is 1.00. The van der Waals surface area contributed by atoms with Gasteiger partial charge in [0, 0.05) is 0 Å². The Hall–Kier alpha value is 0.0569. The van der Waals surface area contributed by atoms with Crippen molar-refractivity contribution in [1.29, 1.82) is 0 Å². The molecule has 2 aliphatic rings. The van der Waals surface area contributed by atoms with Gasteiger partial charge in [-0.1, -0.05) is 91.9 Å². The maximum atomic E-state index is 9.41. The van der Waals surface area contributed by atoms with Crippen LogP contribution in [0.5, 0.6) is 0 Å². The molecule has 1 N–H and O–H groups in total. The second-order valence-corrected chi connectivity index (χ2v) is 17.0. The van der Waals surface area contributed by atoms with Crippen molar-refractivity contribution in [3.63, 3.8) is 0 Å². The highest BCUT2D eigenvalue weighted by Gasteiger charge is 2.44. The molecular formula is C28H56O4Si. The minimum Gasteiger partial charge on any atom is -0.411 e. The molecule has 0 saturated carbocycles. The summed E-state index contributed by atoms with van der Waals surface area (Å²) in [6, 6.07) is 0. The van der Waals surface area contributed by atoms with Crippen molar-refractivity contribution in [2.45, 2.75) is 173 Å². The van der Waals surface area contributed by atoms with Crippen molar-refractivity contribution in [3.8, 4) is 0 Å². The smallest absolute Gasteiger partial charge is 0.192 e. The van der Waals surface area contributed by atoms with E-state index >= 15 is 0 Å². The van der Waals surface area contributed by atoms with E-state index in [2.05, 4.69) is 40.8 Å². The number of hydrogen-bond donors (Lipinski definition) is 1. The van der Waals surface area contributed by atoms with Crippen molar-refractivity contribution in [3.05, 3.63) is 0 Å². The van der Waals surface area contributed by atoms with Crippen molar-refractivity contribution in [2.75, 3.05) is 6.61 Å². The molecule has 2 aliphatic heterocycles. The normalized spacial score (nSPS) is 27.4. The van der Waals surface area contributed by atoms with Gasteiger partial charge in [0.2, 0.25) is 0 Å². The van der Waals surface area contributed by atoms with Gasteiger partial charge < -0.3 is 19.0 Å². The van der Waals surface area contributed by atoms with Gasteiger partial charge >= 0.3 is 0 Å². The van der Waals surface area contributed by atoms with Crippen LogP contribution in [-0.2, 0) is 13.9 Å². The first kappa shape index (κ1) is 29.3. The molecule has 196 valence electrons. The molecule has 0 aromatic carbocycles. The molecule has 0 unspecified atom stereocenters. The number of aliphatic hydroxyl groups excluding tert-OH is 1. The van der Waals surface area contributed by atoms with Crippen LogP contribution in [0, 0.1) is 0 Å². The van der Waals surface area contributed by atoms with Gasteiger partial charge in [0.05, 0.1) is 37.1 Å². The fourth-order valence-electron chi connectivity index (χ4n) is 5.09. The molecule has 33 heavy (non-hydrogen) atoms. The van der Waals surface area contributed by atoms with E-state index in [0.717, 1.165) is 32.1 Å². The predicted molar refractivity (Wildman–Crippen MR) is 141 cm³/mol. The topological polar surface area (TPSA) is 47.9 Å². The lowest BCUT2D eigenvalue weighted by molar-refractivity contribution is -0.0958. The number of ether oxygens (including phenoxy) is 2. The zero-order chi connectivity index (χ0) is 24.3. The predicted octanol–water partition coefficient (Wildman–Crippen LogP) is 7.78. The molecule has 4 nitrogen and oxygen atoms in total. The van der Waals surface area contributed by atoms with Gasteiger partial charge in [-0.25, -0.2) is 0 Å². The molecule has 0 bridgehead atoms. The summed E-state index contributed by atoms with van der Waals surface area (Å²) in [4.78, 5) is 0. The second-order valence-electron chi connectivity index (χ2n) is 12.2. The third-order valence-corrected chi connectivity index (χ3v) is 12.9. The highest BCUT2D eigenvalue weighted by molar-refractivity contribution is 6.74. The first-order chi connectivity index (χ1) is 15.7. The van der Waals surface area contributed by atoms with E-state index < -0.39 is 8.32 Å². The van der Waals surface area contributed by atoms with Gasteiger partial charge in [-0.2, -0.15) is 0 Å².